The van der Waals surface area contributed by atoms with E-state index >= 15 is 0 Å². The van der Waals surface area contributed by atoms with E-state index in [1.807, 2.05) is 0 Å². The molecule has 1 aromatic heterocycles. The van der Waals surface area contributed by atoms with Crippen LogP contribution in [0.15, 0.2) is 18.5 Å². The van der Waals surface area contributed by atoms with Gasteiger partial charge in [-0.05, 0) is 30.5 Å². The number of aromatic nitrogens is 1. The summed E-state index contributed by atoms with van der Waals surface area (Å²) in [5.74, 6) is 0.0944. The van der Waals surface area contributed by atoms with Crippen molar-refractivity contribution in [2.75, 3.05) is 19.7 Å². The first-order chi connectivity index (χ1) is 7.28. The standard InChI is InChI=1S/C11H15FN2O/c12-11-3-10(4-13-5-11)7-14-2-1-9(6-14)8-15/h3-5,9,15H,1-2,6-8H2. The highest BCUT2D eigenvalue weighted by atomic mass is 19.1. The lowest BCUT2D eigenvalue weighted by Crippen LogP contribution is -2.21. The Kier molecular flexibility index (Phi) is 3.28. The first kappa shape index (κ1) is 10.5. The van der Waals surface area contributed by atoms with Crippen molar-refractivity contribution in [1.29, 1.82) is 0 Å². The number of pyridine rings is 1. The number of nitrogens with zero attached hydrogens (tertiary/aromatic N) is 2. The summed E-state index contributed by atoms with van der Waals surface area (Å²) in [5, 5.41) is 8.99. The van der Waals surface area contributed by atoms with Gasteiger partial charge in [0.2, 0.25) is 0 Å². The highest BCUT2D eigenvalue weighted by molar-refractivity contribution is 5.10. The second-order valence-electron chi connectivity index (χ2n) is 4.08. The van der Waals surface area contributed by atoms with E-state index in [0.717, 1.165) is 31.6 Å². The summed E-state index contributed by atoms with van der Waals surface area (Å²) in [6.45, 7) is 2.84. The molecular formula is C11H15FN2O. The second-order valence-corrected chi connectivity index (χ2v) is 4.08. The summed E-state index contributed by atoms with van der Waals surface area (Å²) in [5.41, 5.74) is 0.897. The maximum Gasteiger partial charge on any atom is 0.141 e. The van der Waals surface area contributed by atoms with Crippen molar-refractivity contribution in [3.63, 3.8) is 0 Å². The predicted molar refractivity (Wildman–Crippen MR) is 54.7 cm³/mol. The molecular weight excluding hydrogens is 195 g/mol. The SMILES string of the molecule is OCC1CCN(Cc2cncc(F)c2)C1. The van der Waals surface area contributed by atoms with Crippen LogP contribution in [-0.2, 0) is 6.54 Å². The fourth-order valence-electron chi connectivity index (χ4n) is 2.01. The first-order valence-electron chi connectivity index (χ1n) is 5.20. The summed E-state index contributed by atoms with van der Waals surface area (Å²) in [6, 6.07) is 1.51. The number of hydrogen-bond acceptors (Lipinski definition) is 3. The quantitative estimate of drug-likeness (QED) is 0.809. The Morgan fingerprint density at radius 2 is 2.40 bits per heavy atom. The molecule has 1 atom stereocenters. The van der Waals surface area contributed by atoms with Gasteiger partial charge in [-0.15, -0.1) is 0 Å². The molecule has 1 aliphatic heterocycles. The van der Waals surface area contributed by atoms with Gasteiger partial charge < -0.3 is 5.11 Å². The van der Waals surface area contributed by atoms with Gasteiger partial charge in [-0.2, -0.15) is 0 Å². The molecule has 0 aliphatic carbocycles. The maximum absolute atomic E-state index is 12.9. The molecule has 1 aliphatic rings. The molecule has 1 fully saturated rings. The van der Waals surface area contributed by atoms with Gasteiger partial charge in [0.1, 0.15) is 5.82 Å². The first-order valence-corrected chi connectivity index (χ1v) is 5.20. The minimum atomic E-state index is -0.287. The second kappa shape index (κ2) is 4.68. The molecule has 0 bridgehead atoms. The van der Waals surface area contributed by atoms with E-state index in [0.29, 0.717) is 5.92 Å². The molecule has 3 nitrogen and oxygen atoms in total. The molecule has 0 aromatic carbocycles. The predicted octanol–water partition coefficient (Wildman–Crippen LogP) is 1.03. The van der Waals surface area contributed by atoms with Gasteiger partial charge in [0, 0.05) is 25.9 Å². The minimum absolute atomic E-state index is 0.248. The summed E-state index contributed by atoms with van der Waals surface area (Å²) < 4.78 is 12.9. The fraction of sp³-hybridized carbons (Fsp3) is 0.545. The normalized spacial score (nSPS) is 22.1. The average Bonchev–Trinajstić information content (AvgIpc) is 2.65. The molecule has 0 saturated carbocycles. The zero-order valence-corrected chi connectivity index (χ0v) is 8.56. The van der Waals surface area contributed by atoms with Gasteiger partial charge in [0.25, 0.3) is 0 Å². The average molecular weight is 210 g/mol. The number of likely N-dealkylation sites (tertiary alicyclic amines) is 1. The van der Waals surface area contributed by atoms with Crippen molar-refractivity contribution < 1.29 is 9.50 Å². The maximum atomic E-state index is 12.9. The molecule has 4 heteroatoms. The summed E-state index contributed by atoms with van der Waals surface area (Å²) in [6.07, 6.45) is 3.93. The van der Waals surface area contributed by atoms with Crippen LogP contribution in [0.5, 0.6) is 0 Å². The lowest BCUT2D eigenvalue weighted by Gasteiger charge is -2.15. The molecule has 15 heavy (non-hydrogen) atoms. The van der Waals surface area contributed by atoms with Gasteiger partial charge in [0.15, 0.2) is 0 Å². The van der Waals surface area contributed by atoms with Crippen LogP contribution in [0.25, 0.3) is 0 Å². The molecule has 0 spiro atoms. The number of halogens is 1. The van der Waals surface area contributed by atoms with Crippen molar-refractivity contribution in [3.8, 4) is 0 Å². The van der Waals surface area contributed by atoms with Crippen LogP contribution in [0.2, 0.25) is 0 Å². The third kappa shape index (κ3) is 2.73. The number of aliphatic hydroxyl groups excluding tert-OH is 1. The third-order valence-corrected chi connectivity index (χ3v) is 2.80. The lowest BCUT2D eigenvalue weighted by molar-refractivity contribution is 0.220. The Hall–Kier alpha value is -1.00. The van der Waals surface area contributed by atoms with Crippen LogP contribution in [-0.4, -0.2) is 34.7 Å². The van der Waals surface area contributed by atoms with Crippen molar-refractivity contribution in [2.24, 2.45) is 5.92 Å². The summed E-state index contributed by atoms with van der Waals surface area (Å²) >= 11 is 0. The third-order valence-electron chi connectivity index (χ3n) is 2.80. The molecule has 2 heterocycles. The van der Waals surface area contributed by atoms with E-state index in [-0.39, 0.29) is 12.4 Å². The van der Waals surface area contributed by atoms with E-state index < -0.39 is 0 Å². The molecule has 2 rings (SSSR count). The number of aliphatic hydroxyl groups is 1. The van der Waals surface area contributed by atoms with Crippen molar-refractivity contribution in [1.82, 2.24) is 9.88 Å². The smallest absolute Gasteiger partial charge is 0.141 e. The summed E-state index contributed by atoms with van der Waals surface area (Å²) in [7, 11) is 0. The molecule has 1 N–H and O–H groups in total. The number of rotatable bonds is 3. The highest BCUT2D eigenvalue weighted by Gasteiger charge is 2.21. The topological polar surface area (TPSA) is 36.4 Å². The molecule has 0 amide bonds. The molecule has 1 aromatic rings. The Labute approximate surface area is 88.6 Å². The van der Waals surface area contributed by atoms with E-state index in [4.69, 9.17) is 5.11 Å². The Morgan fingerprint density at radius 1 is 1.53 bits per heavy atom. The summed E-state index contributed by atoms with van der Waals surface area (Å²) in [4.78, 5) is 6.03. The van der Waals surface area contributed by atoms with Gasteiger partial charge in [-0.25, -0.2) is 4.39 Å². The van der Waals surface area contributed by atoms with Gasteiger partial charge in [0.05, 0.1) is 6.20 Å². The zero-order chi connectivity index (χ0) is 10.7. The van der Waals surface area contributed by atoms with E-state index in [9.17, 15) is 4.39 Å². The van der Waals surface area contributed by atoms with Gasteiger partial charge in [-0.3, -0.25) is 9.88 Å². The molecule has 82 valence electrons. The van der Waals surface area contributed by atoms with E-state index in [1.54, 1.807) is 6.20 Å². The van der Waals surface area contributed by atoms with Crippen LogP contribution < -0.4 is 0 Å². The van der Waals surface area contributed by atoms with Crippen molar-refractivity contribution in [2.45, 2.75) is 13.0 Å². The van der Waals surface area contributed by atoms with Crippen LogP contribution in [0.4, 0.5) is 4.39 Å². The van der Waals surface area contributed by atoms with Crippen LogP contribution >= 0.6 is 0 Å². The van der Waals surface area contributed by atoms with Crippen LogP contribution in [0.1, 0.15) is 12.0 Å². The van der Waals surface area contributed by atoms with Crippen LogP contribution in [0.3, 0.4) is 0 Å². The fourth-order valence-corrected chi connectivity index (χ4v) is 2.01. The Balaban J connectivity index is 1.92. The zero-order valence-electron chi connectivity index (χ0n) is 8.56. The highest BCUT2D eigenvalue weighted by Crippen LogP contribution is 2.17. The minimum Gasteiger partial charge on any atom is -0.396 e. The Bertz CT molecular complexity index is 332. The number of hydrogen-bond donors (Lipinski definition) is 1. The lowest BCUT2D eigenvalue weighted by atomic mass is 10.1. The van der Waals surface area contributed by atoms with E-state index in [1.165, 1.54) is 12.3 Å². The molecule has 1 saturated heterocycles. The van der Waals surface area contributed by atoms with Crippen molar-refractivity contribution in [3.05, 3.63) is 29.8 Å². The largest absolute Gasteiger partial charge is 0.396 e. The van der Waals surface area contributed by atoms with Gasteiger partial charge >= 0.3 is 0 Å². The molecule has 0 radical (unpaired) electrons. The monoisotopic (exact) mass is 210 g/mol. The van der Waals surface area contributed by atoms with Gasteiger partial charge in [-0.1, -0.05) is 0 Å². The Morgan fingerprint density at radius 3 is 3.07 bits per heavy atom. The van der Waals surface area contributed by atoms with Crippen LogP contribution in [0, 0.1) is 11.7 Å². The van der Waals surface area contributed by atoms with E-state index in [2.05, 4.69) is 9.88 Å². The van der Waals surface area contributed by atoms with Crippen molar-refractivity contribution >= 4 is 0 Å². The molecule has 1 unspecified atom stereocenters.